The molecule has 1 aliphatic rings. The highest BCUT2D eigenvalue weighted by molar-refractivity contribution is 5.65. The van der Waals surface area contributed by atoms with Gasteiger partial charge in [-0.05, 0) is 19.3 Å². The van der Waals surface area contributed by atoms with Crippen molar-refractivity contribution in [2.75, 3.05) is 0 Å². The number of aliphatic hydroxyl groups excluding tert-OH is 1. The molecule has 1 aromatic carbocycles. The molecule has 124 valence electrons. The molecule has 0 bridgehead atoms. The van der Waals surface area contributed by atoms with E-state index >= 15 is 0 Å². The third-order valence-corrected chi connectivity index (χ3v) is 3.58. The number of rotatable bonds is 5. The summed E-state index contributed by atoms with van der Waals surface area (Å²) in [4.78, 5) is 30.1. The third-order valence-electron chi connectivity index (χ3n) is 3.58. The first-order valence-corrected chi connectivity index (χ1v) is 6.77. The highest BCUT2D eigenvalue weighted by atomic mass is 16.6. The molecule has 1 saturated carbocycles. The van der Waals surface area contributed by atoms with Crippen molar-refractivity contribution in [3.05, 3.63) is 42.5 Å². The molecular formula is C12H13N3O8. The van der Waals surface area contributed by atoms with E-state index in [1.165, 1.54) is 0 Å². The molecular weight excluding hydrogens is 314 g/mol. The second kappa shape index (κ2) is 6.52. The quantitative estimate of drug-likeness (QED) is 0.635. The van der Waals surface area contributed by atoms with Gasteiger partial charge in [0.1, 0.15) is 6.10 Å². The fourth-order valence-electron chi connectivity index (χ4n) is 2.45. The molecule has 2 rings (SSSR count). The van der Waals surface area contributed by atoms with Gasteiger partial charge in [0.2, 0.25) is 0 Å². The topological polar surface area (TPSA) is 159 Å². The molecule has 2 atom stereocenters. The number of hydrogen-bond donors (Lipinski definition) is 1. The molecule has 11 heteroatoms. The van der Waals surface area contributed by atoms with Crippen molar-refractivity contribution in [2.45, 2.75) is 37.9 Å². The monoisotopic (exact) mass is 327 g/mol. The van der Waals surface area contributed by atoms with Crippen molar-refractivity contribution in [1.82, 2.24) is 0 Å². The molecule has 0 unspecified atom stereocenters. The van der Waals surface area contributed by atoms with E-state index in [1.54, 1.807) is 0 Å². The molecule has 0 radical (unpaired) electrons. The summed E-state index contributed by atoms with van der Waals surface area (Å²) in [6.07, 6.45) is 0.522. The van der Waals surface area contributed by atoms with Gasteiger partial charge in [-0.25, -0.2) is 0 Å². The molecule has 0 aromatic heterocycles. The predicted molar refractivity (Wildman–Crippen MR) is 75.3 cm³/mol. The second-order valence-corrected chi connectivity index (χ2v) is 5.09. The highest BCUT2D eigenvalue weighted by Crippen LogP contribution is 2.42. The zero-order valence-electron chi connectivity index (χ0n) is 11.8. The van der Waals surface area contributed by atoms with Crippen LogP contribution in [0.3, 0.4) is 0 Å². The first-order valence-electron chi connectivity index (χ1n) is 6.77. The summed E-state index contributed by atoms with van der Waals surface area (Å²) in [7, 11) is 0. The lowest BCUT2D eigenvalue weighted by Gasteiger charge is -2.27. The molecule has 0 aliphatic heterocycles. The van der Waals surface area contributed by atoms with Crippen LogP contribution in [-0.4, -0.2) is 32.1 Å². The molecule has 23 heavy (non-hydrogen) atoms. The number of nitro benzene ring substituents is 3. The minimum absolute atomic E-state index is 0.381. The van der Waals surface area contributed by atoms with Gasteiger partial charge in [0.25, 0.3) is 11.4 Å². The molecule has 0 spiro atoms. The van der Waals surface area contributed by atoms with E-state index < -0.39 is 49.8 Å². The smallest absolute Gasteiger partial charge is 0.325 e. The summed E-state index contributed by atoms with van der Waals surface area (Å²) < 4.78 is 5.33. The van der Waals surface area contributed by atoms with Crippen LogP contribution in [0.15, 0.2) is 12.1 Å². The average molecular weight is 327 g/mol. The summed E-state index contributed by atoms with van der Waals surface area (Å²) in [6.45, 7) is 0. The Balaban J connectivity index is 2.52. The maximum Gasteiger partial charge on any atom is 0.325 e. The van der Waals surface area contributed by atoms with Gasteiger partial charge < -0.3 is 9.84 Å². The normalized spacial score (nSPS) is 20.7. The third kappa shape index (κ3) is 3.51. The predicted octanol–water partition coefficient (Wildman–Crippen LogP) is 2.09. The van der Waals surface area contributed by atoms with Gasteiger partial charge in [-0.2, -0.15) is 0 Å². The lowest BCUT2D eigenvalue weighted by Crippen LogP contribution is -2.35. The molecule has 1 aliphatic carbocycles. The SMILES string of the molecule is O=[N+]([O-])c1cc([N+](=O)[O-])c(O[C@@H]2CCCC[C@H]2O)c([N+](=O)[O-])c1. The maximum absolute atomic E-state index is 11.1. The van der Waals surface area contributed by atoms with Gasteiger partial charge in [-0.15, -0.1) is 0 Å². The van der Waals surface area contributed by atoms with Crippen molar-refractivity contribution in [1.29, 1.82) is 0 Å². The number of aliphatic hydroxyl groups is 1. The number of benzene rings is 1. The molecule has 0 amide bonds. The summed E-state index contributed by atoms with van der Waals surface area (Å²) in [5.74, 6) is -0.670. The maximum atomic E-state index is 11.1. The fraction of sp³-hybridized carbons (Fsp3) is 0.500. The fourth-order valence-corrected chi connectivity index (χ4v) is 2.45. The standard InChI is InChI=1S/C12H13N3O8/c16-10-3-1-2-4-11(10)23-12-8(14(19)20)5-7(13(17)18)6-9(12)15(21)22/h5-6,10-11,16H,1-4H2/t10-,11-/m1/s1. The van der Waals surface area contributed by atoms with E-state index in [4.69, 9.17) is 4.74 Å². The molecule has 0 heterocycles. The number of nitrogens with zero attached hydrogens (tertiary/aromatic N) is 3. The number of non-ortho nitro benzene ring substituents is 1. The van der Waals surface area contributed by atoms with Gasteiger partial charge in [0, 0.05) is 0 Å². The molecule has 0 saturated heterocycles. The highest BCUT2D eigenvalue weighted by Gasteiger charge is 2.35. The minimum atomic E-state index is -0.982. The van der Waals surface area contributed by atoms with Crippen LogP contribution in [0.2, 0.25) is 0 Å². The van der Waals surface area contributed by atoms with Gasteiger partial charge in [0.15, 0.2) is 0 Å². The van der Waals surface area contributed by atoms with Crippen molar-refractivity contribution < 1.29 is 24.6 Å². The van der Waals surface area contributed by atoms with E-state index in [1.807, 2.05) is 0 Å². The Morgan fingerprint density at radius 1 is 0.957 bits per heavy atom. The van der Waals surface area contributed by atoms with Crippen molar-refractivity contribution in [3.8, 4) is 5.75 Å². The van der Waals surface area contributed by atoms with E-state index in [0.717, 1.165) is 6.42 Å². The average Bonchev–Trinajstić information content (AvgIpc) is 2.48. The second-order valence-electron chi connectivity index (χ2n) is 5.09. The van der Waals surface area contributed by atoms with E-state index in [9.17, 15) is 35.4 Å². The number of hydrogen-bond acceptors (Lipinski definition) is 8. The van der Waals surface area contributed by atoms with Gasteiger partial charge in [-0.1, -0.05) is 6.42 Å². The van der Waals surface area contributed by atoms with Crippen molar-refractivity contribution >= 4 is 17.1 Å². The van der Waals surface area contributed by atoms with Crippen LogP contribution < -0.4 is 4.74 Å². The zero-order chi connectivity index (χ0) is 17.1. The van der Waals surface area contributed by atoms with E-state index in [0.29, 0.717) is 31.4 Å². The Morgan fingerprint density at radius 2 is 1.48 bits per heavy atom. The zero-order valence-corrected chi connectivity index (χ0v) is 11.8. The van der Waals surface area contributed by atoms with Crippen molar-refractivity contribution in [2.24, 2.45) is 0 Å². The van der Waals surface area contributed by atoms with Gasteiger partial charge in [0.05, 0.1) is 33.0 Å². The Kier molecular flexibility index (Phi) is 4.69. The Bertz CT molecular complexity index is 627. The van der Waals surface area contributed by atoms with Gasteiger partial charge >= 0.3 is 11.4 Å². The van der Waals surface area contributed by atoms with Crippen LogP contribution in [0.4, 0.5) is 17.1 Å². The van der Waals surface area contributed by atoms with Crippen LogP contribution >= 0.6 is 0 Å². The lowest BCUT2D eigenvalue weighted by atomic mass is 9.95. The Hall–Kier alpha value is -2.82. The van der Waals surface area contributed by atoms with Crippen LogP contribution in [-0.2, 0) is 0 Å². The van der Waals surface area contributed by atoms with E-state index in [-0.39, 0.29) is 0 Å². The molecule has 1 aromatic rings. The van der Waals surface area contributed by atoms with Crippen LogP contribution in [0.1, 0.15) is 25.7 Å². The first-order chi connectivity index (χ1) is 10.8. The minimum Gasteiger partial charge on any atom is -0.476 e. The van der Waals surface area contributed by atoms with Gasteiger partial charge in [-0.3, -0.25) is 30.3 Å². The van der Waals surface area contributed by atoms with Crippen molar-refractivity contribution in [3.63, 3.8) is 0 Å². The summed E-state index contributed by atoms with van der Waals surface area (Å²) in [5, 5.41) is 42.9. The largest absolute Gasteiger partial charge is 0.476 e. The number of nitro groups is 3. The summed E-state index contributed by atoms with van der Waals surface area (Å²) >= 11 is 0. The summed E-state index contributed by atoms with van der Waals surface area (Å²) in [5.41, 5.74) is -2.52. The summed E-state index contributed by atoms with van der Waals surface area (Å²) in [6, 6.07) is 1.22. The number of ether oxygens (including phenoxy) is 1. The van der Waals surface area contributed by atoms with Crippen LogP contribution in [0, 0.1) is 30.3 Å². The first kappa shape index (κ1) is 16.5. The lowest BCUT2D eigenvalue weighted by molar-refractivity contribution is -0.404. The Labute approximate surface area is 128 Å². The van der Waals surface area contributed by atoms with Crippen LogP contribution in [0.25, 0.3) is 0 Å². The molecule has 11 nitrogen and oxygen atoms in total. The molecule has 1 N–H and O–H groups in total. The van der Waals surface area contributed by atoms with E-state index in [2.05, 4.69) is 0 Å². The van der Waals surface area contributed by atoms with Crippen LogP contribution in [0.5, 0.6) is 5.75 Å². The molecule has 1 fully saturated rings. The Morgan fingerprint density at radius 3 is 1.91 bits per heavy atom.